The molecule has 0 atom stereocenters. The second-order valence-corrected chi connectivity index (χ2v) is 6.03. The Bertz CT molecular complexity index is 1010. The van der Waals surface area contributed by atoms with E-state index in [-0.39, 0.29) is 27.9 Å². The smallest absolute Gasteiger partial charge is 0.304 e. The van der Waals surface area contributed by atoms with Crippen LogP contribution in [0.3, 0.4) is 0 Å². The Labute approximate surface area is 156 Å². The number of halogens is 4. The van der Waals surface area contributed by atoms with Crippen molar-refractivity contribution in [3.05, 3.63) is 40.6 Å². The molecule has 0 unspecified atom stereocenters. The molecule has 0 aliphatic carbocycles. The van der Waals surface area contributed by atoms with E-state index in [0.29, 0.717) is 5.69 Å². The van der Waals surface area contributed by atoms with Crippen molar-refractivity contribution in [3.63, 3.8) is 0 Å². The van der Waals surface area contributed by atoms with Crippen LogP contribution >= 0.6 is 11.6 Å². The highest BCUT2D eigenvalue weighted by molar-refractivity contribution is 6.34. The zero-order chi connectivity index (χ0) is 19.9. The molecule has 1 amide bonds. The van der Waals surface area contributed by atoms with Crippen LogP contribution in [-0.2, 0) is 20.3 Å². The third kappa shape index (κ3) is 3.63. The lowest BCUT2D eigenvalue weighted by molar-refractivity contribution is -0.141. The standard InChI is InChI=1S/C15H13ClF3N7O/c1-7-12(16)13(26(3)23-7)14(27)22-11-6-20-8(5-21-11)9-4-10(15(17,18)19)24-25(9)2/h4-6H,1-3H3,(H,21,22,27). The van der Waals surface area contributed by atoms with Gasteiger partial charge in [-0.15, -0.1) is 0 Å². The van der Waals surface area contributed by atoms with Crippen molar-refractivity contribution in [1.29, 1.82) is 0 Å². The van der Waals surface area contributed by atoms with Crippen LogP contribution in [0.25, 0.3) is 11.4 Å². The van der Waals surface area contributed by atoms with Crippen LogP contribution in [0.15, 0.2) is 18.5 Å². The van der Waals surface area contributed by atoms with Gasteiger partial charge >= 0.3 is 6.18 Å². The molecule has 0 radical (unpaired) electrons. The Hall–Kier alpha value is -2.95. The summed E-state index contributed by atoms with van der Waals surface area (Å²) in [6, 6.07) is 0.875. The van der Waals surface area contributed by atoms with Crippen LogP contribution in [0.1, 0.15) is 21.9 Å². The number of anilines is 1. The second kappa shape index (κ2) is 6.65. The summed E-state index contributed by atoms with van der Waals surface area (Å²) in [6.07, 6.45) is -2.09. The zero-order valence-corrected chi connectivity index (χ0v) is 15.1. The normalized spacial score (nSPS) is 11.7. The molecular formula is C15H13ClF3N7O. The number of nitrogens with zero attached hydrogens (tertiary/aromatic N) is 6. The summed E-state index contributed by atoms with van der Waals surface area (Å²) in [7, 11) is 2.94. The van der Waals surface area contributed by atoms with Crippen molar-refractivity contribution in [2.75, 3.05) is 5.32 Å². The Morgan fingerprint density at radius 1 is 1.15 bits per heavy atom. The van der Waals surface area contributed by atoms with E-state index in [0.717, 1.165) is 10.7 Å². The van der Waals surface area contributed by atoms with Crippen LogP contribution in [-0.4, -0.2) is 35.4 Å². The lowest BCUT2D eigenvalue weighted by Gasteiger charge is -2.06. The fraction of sp³-hybridized carbons (Fsp3) is 0.267. The lowest BCUT2D eigenvalue weighted by atomic mass is 10.3. The predicted octanol–water partition coefficient (Wildman–Crippen LogP) is 2.84. The first-order valence-electron chi connectivity index (χ1n) is 7.52. The first-order valence-corrected chi connectivity index (χ1v) is 7.90. The molecule has 3 heterocycles. The number of carbonyl (C=O) groups excluding carboxylic acids is 1. The Morgan fingerprint density at radius 3 is 2.33 bits per heavy atom. The van der Waals surface area contributed by atoms with Gasteiger partial charge in [0.15, 0.2) is 11.5 Å². The number of amides is 1. The summed E-state index contributed by atoms with van der Waals surface area (Å²) < 4.78 is 40.7. The van der Waals surface area contributed by atoms with Gasteiger partial charge in [-0.3, -0.25) is 14.2 Å². The Morgan fingerprint density at radius 2 is 1.85 bits per heavy atom. The van der Waals surface area contributed by atoms with Crippen LogP contribution < -0.4 is 5.32 Å². The largest absolute Gasteiger partial charge is 0.435 e. The molecule has 142 valence electrons. The molecule has 0 aromatic carbocycles. The molecule has 1 N–H and O–H groups in total. The van der Waals surface area contributed by atoms with Crippen molar-refractivity contribution in [2.24, 2.45) is 14.1 Å². The van der Waals surface area contributed by atoms with Gasteiger partial charge in [0.2, 0.25) is 0 Å². The summed E-state index contributed by atoms with van der Waals surface area (Å²) >= 11 is 6.06. The fourth-order valence-electron chi connectivity index (χ4n) is 2.42. The first kappa shape index (κ1) is 18.8. The molecule has 0 saturated carbocycles. The minimum Gasteiger partial charge on any atom is -0.304 e. The van der Waals surface area contributed by atoms with Gasteiger partial charge in [-0.1, -0.05) is 11.6 Å². The van der Waals surface area contributed by atoms with E-state index in [1.165, 1.54) is 24.1 Å². The Balaban J connectivity index is 1.82. The fourth-order valence-corrected chi connectivity index (χ4v) is 2.67. The SMILES string of the molecule is Cc1nn(C)c(C(=O)Nc2cnc(-c3cc(C(F)(F)F)nn3C)cn2)c1Cl. The van der Waals surface area contributed by atoms with Crippen molar-refractivity contribution >= 4 is 23.3 Å². The maximum absolute atomic E-state index is 12.8. The first-order chi connectivity index (χ1) is 12.6. The van der Waals surface area contributed by atoms with E-state index < -0.39 is 17.8 Å². The minimum atomic E-state index is -4.56. The lowest BCUT2D eigenvalue weighted by Crippen LogP contribution is -2.17. The highest BCUT2D eigenvalue weighted by Crippen LogP contribution is 2.30. The van der Waals surface area contributed by atoms with Crippen molar-refractivity contribution < 1.29 is 18.0 Å². The second-order valence-electron chi connectivity index (χ2n) is 5.65. The quantitative estimate of drug-likeness (QED) is 0.731. The number of nitrogens with one attached hydrogen (secondary N) is 1. The average molecular weight is 400 g/mol. The van der Waals surface area contributed by atoms with E-state index in [1.807, 2.05) is 0 Å². The molecule has 0 bridgehead atoms. The van der Waals surface area contributed by atoms with Gasteiger partial charge in [0.1, 0.15) is 11.4 Å². The molecule has 3 aromatic rings. The summed E-state index contributed by atoms with van der Waals surface area (Å²) in [4.78, 5) is 20.4. The summed E-state index contributed by atoms with van der Waals surface area (Å²) in [5.41, 5.74) is -0.0600. The molecule has 0 spiro atoms. The number of hydrogen-bond acceptors (Lipinski definition) is 5. The minimum absolute atomic E-state index is 0.108. The molecule has 0 aliphatic rings. The number of carbonyl (C=O) groups is 1. The maximum Gasteiger partial charge on any atom is 0.435 e. The third-order valence-electron chi connectivity index (χ3n) is 3.69. The monoisotopic (exact) mass is 399 g/mol. The van der Waals surface area contributed by atoms with E-state index in [2.05, 4.69) is 25.5 Å². The number of alkyl halides is 3. The number of rotatable bonds is 3. The molecule has 27 heavy (non-hydrogen) atoms. The van der Waals surface area contributed by atoms with Crippen LogP contribution in [0, 0.1) is 6.92 Å². The zero-order valence-electron chi connectivity index (χ0n) is 14.3. The van der Waals surface area contributed by atoms with E-state index in [4.69, 9.17) is 11.6 Å². The summed E-state index contributed by atoms with van der Waals surface area (Å²) in [5, 5.41) is 10.2. The molecule has 0 saturated heterocycles. The van der Waals surface area contributed by atoms with Crippen molar-refractivity contribution in [2.45, 2.75) is 13.1 Å². The molecular weight excluding hydrogens is 387 g/mol. The van der Waals surface area contributed by atoms with E-state index in [9.17, 15) is 18.0 Å². The molecule has 0 aliphatic heterocycles. The van der Waals surface area contributed by atoms with Gasteiger partial charge in [0, 0.05) is 14.1 Å². The molecule has 0 fully saturated rings. The number of hydrogen-bond donors (Lipinski definition) is 1. The maximum atomic E-state index is 12.8. The van der Waals surface area contributed by atoms with Crippen molar-refractivity contribution in [1.82, 2.24) is 29.5 Å². The topological polar surface area (TPSA) is 90.5 Å². The third-order valence-corrected chi connectivity index (χ3v) is 4.14. The van der Waals surface area contributed by atoms with E-state index in [1.54, 1.807) is 14.0 Å². The highest BCUT2D eigenvalue weighted by atomic mass is 35.5. The van der Waals surface area contributed by atoms with Crippen LogP contribution in [0.5, 0.6) is 0 Å². The van der Waals surface area contributed by atoms with Crippen LogP contribution in [0.4, 0.5) is 19.0 Å². The van der Waals surface area contributed by atoms with Gasteiger partial charge in [-0.05, 0) is 13.0 Å². The molecule has 3 rings (SSSR count). The van der Waals surface area contributed by atoms with Gasteiger partial charge in [-0.25, -0.2) is 9.97 Å². The molecule has 12 heteroatoms. The van der Waals surface area contributed by atoms with Crippen molar-refractivity contribution in [3.8, 4) is 11.4 Å². The van der Waals surface area contributed by atoms with E-state index >= 15 is 0 Å². The van der Waals surface area contributed by atoms with Gasteiger partial charge in [0.05, 0.1) is 28.8 Å². The highest BCUT2D eigenvalue weighted by Gasteiger charge is 2.34. The predicted molar refractivity (Wildman–Crippen MR) is 90.1 cm³/mol. The molecule has 8 nitrogen and oxygen atoms in total. The van der Waals surface area contributed by atoms with Gasteiger partial charge in [0.25, 0.3) is 5.91 Å². The summed E-state index contributed by atoms with van der Waals surface area (Å²) in [6.45, 7) is 1.66. The number of aryl methyl sites for hydroxylation is 3. The number of aromatic nitrogens is 6. The Kier molecular flexibility index (Phi) is 4.64. The van der Waals surface area contributed by atoms with Crippen LogP contribution in [0.2, 0.25) is 5.02 Å². The van der Waals surface area contributed by atoms with Gasteiger partial charge in [-0.2, -0.15) is 23.4 Å². The average Bonchev–Trinajstić information content (AvgIpc) is 3.08. The summed E-state index contributed by atoms with van der Waals surface area (Å²) in [5.74, 6) is -0.429. The molecule has 3 aromatic heterocycles. The van der Waals surface area contributed by atoms with Gasteiger partial charge < -0.3 is 5.32 Å².